The van der Waals surface area contributed by atoms with Gasteiger partial charge in [0.25, 0.3) is 0 Å². The SMILES string of the molecule is CCN(CC)c1ccc(/C=C2\Oc3c4c(cc(C)c3C2=O)OCN(Cc2ccccc2OC)C4)cc1. The van der Waals surface area contributed by atoms with Crippen molar-refractivity contribution in [3.05, 3.63) is 88.2 Å². The third-order valence-electron chi connectivity index (χ3n) is 6.89. The van der Waals surface area contributed by atoms with Crippen LogP contribution < -0.4 is 19.1 Å². The van der Waals surface area contributed by atoms with E-state index < -0.39 is 0 Å². The molecule has 0 saturated heterocycles. The topological polar surface area (TPSA) is 51.2 Å². The molecule has 5 rings (SSSR count). The number of para-hydroxylation sites is 1. The van der Waals surface area contributed by atoms with Crippen molar-refractivity contribution in [1.29, 1.82) is 0 Å². The van der Waals surface area contributed by atoms with Crippen LogP contribution in [0.25, 0.3) is 6.08 Å². The molecule has 0 N–H and O–H groups in total. The van der Waals surface area contributed by atoms with Gasteiger partial charge in [-0.15, -0.1) is 0 Å². The number of Topliss-reactive ketones (excluding diaryl/α,β-unsaturated/α-hetero) is 1. The molecule has 0 saturated carbocycles. The second-order valence-corrected chi connectivity index (χ2v) is 9.15. The Bertz CT molecular complexity index is 1310. The zero-order chi connectivity index (χ0) is 25.2. The van der Waals surface area contributed by atoms with Gasteiger partial charge in [0.2, 0.25) is 5.78 Å². The molecule has 0 spiro atoms. The van der Waals surface area contributed by atoms with E-state index in [1.807, 2.05) is 49.4 Å². The van der Waals surface area contributed by atoms with Gasteiger partial charge in [-0.1, -0.05) is 30.3 Å². The van der Waals surface area contributed by atoms with Crippen molar-refractivity contribution in [1.82, 2.24) is 4.90 Å². The summed E-state index contributed by atoms with van der Waals surface area (Å²) < 4.78 is 17.9. The Balaban J connectivity index is 1.41. The fourth-order valence-electron chi connectivity index (χ4n) is 4.97. The third-order valence-corrected chi connectivity index (χ3v) is 6.89. The van der Waals surface area contributed by atoms with E-state index in [1.165, 1.54) is 5.69 Å². The molecule has 0 aliphatic carbocycles. The van der Waals surface area contributed by atoms with E-state index >= 15 is 0 Å². The van der Waals surface area contributed by atoms with Gasteiger partial charge in [-0.3, -0.25) is 9.69 Å². The van der Waals surface area contributed by atoms with Crippen LogP contribution in [0.4, 0.5) is 5.69 Å². The number of rotatable bonds is 7. The number of ether oxygens (including phenoxy) is 3. The second kappa shape index (κ2) is 10.1. The molecule has 2 aliphatic heterocycles. The van der Waals surface area contributed by atoms with Gasteiger partial charge in [0, 0.05) is 37.4 Å². The number of allylic oxidation sites excluding steroid dienone is 1. The molecule has 2 heterocycles. The van der Waals surface area contributed by atoms with Crippen molar-refractivity contribution < 1.29 is 19.0 Å². The average molecular weight is 485 g/mol. The first-order valence-electron chi connectivity index (χ1n) is 12.4. The van der Waals surface area contributed by atoms with Crippen LogP contribution >= 0.6 is 0 Å². The van der Waals surface area contributed by atoms with Gasteiger partial charge < -0.3 is 19.1 Å². The molecule has 0 amide bonds. The Morgan fingerprint density at radius 2 is 1.83 bits per heavy atom. The highest BCUT2D eigenvalue weighted by Gasteiger charge is 2.35. The molecule has 3 aromatic carbocycles. The van der Waals surface area contributed by atoms with Crippen molar-refractivity contribution in [2.24, 2.45) is 0 Å². The maximum Gasteiger partial charge on any atom is 0.232 e. The summed E-state index contributed by atoms with van der Waals surface area (Å²) in [6.45, 7) is 9.88. The minimum atomic E-state index is -0.0834. The molecule has 2 aliphatic rings. The fourth-order valence-corrected chi connectivity index (χ4v) is 4.97. The van der Waals surface area contributed by atoms with Crippen molar-refractivity contribution >= 4 is 17.5 Å². The Labute approximate surface area is 212 Å². The summed E-state index contributed by atoms with van der Waals surface area (Å²) in [6.07, 6.45) is 1.83. The van der Waals surface area contributed by atoms with E-state index in [1.54, 1.807) is 7.11 Å². The van der Waals surface area contributed by atoms with E-state index in [0.717, 1.165) is 46.8 Å². The van der Waals surface area contributed by atoms with Crippen molar-refractivity contribution in [3.8, 4) is 17.2 Å². The van der Waals surface area contributed by atoms with Crippen LogP contribution in [0.1, 0.15) is 46.5 Å². The van der Waals surface area contributed by atoms with Crippen LogP contribution in [-0.2, 0) is 13.1 Å². The summed E-state index contributed by atoms with van der Waals surface area (Å²) in [5.74, 6) is 2.51. The number of carbonyl (C=O) groups excluding carboxylic acids is 1. The first-order chi connectivity index (χ1) is 17.5. The highest BCUT2D eigenvalue weighted by Crippen LogP contribution is 2.44. The van der Waals surface area contributed by atoms with E-state index in [4.69, 9.17) is 14.2 Å². The number of hydrogen-bond donors (Lipinski definition) is 0. The number of nitrogens with zero attached hydrogens (tertiary/aromatic N) is 2. The van der Waals surface area contributed by atoms with Crippen molar-refractivity contribution in [2.45, 2.75) is 33.9 Å². The predicted molar refractivity (Wildman–Crippen MR) is 142 cm³/mol. The Morgan fingerprint density at radius 1 is 1.08 bits per heavy atom. The lowest BCUT2D eigenvalue weighted by molar-refractivity contribution is 0.0864. The van der Waals surface area contributed by atoms with E-state index in [9.17, 15) is 4.79 Å². The van der Waals surface area contributed by atoms with Gasteiger partial charge in [-0.2, -0.15) is 0 Å². The standard InChI is InChI=1S/C30H32N2O4/c1-5-32(6-2)23-13-11-21(12-14-23)16-27-29(33)28-20(3)15-26-24(30(28)36-27)18-31(19-35-26)17-22-9-7-8-10-25(22)34-4/h7-16H,5-6,17-19H2,1-4H3/b27-16-. The van der Waals surface area contributed by atoms with Gasteiger partial charge in [-0.05, 0) is 62.2 Å². The first-order valence-corrected chi connectivity index (χ1v) is 12.4. The lowest BCUT2D eigenvalue weighted by Gasteiger charge is -2.30. The minimum Gasteiger partial charge on any atom is -0.496 e. The van der Waals surface area contributed by atoms with Crippen LogP contribution in [0.15, 0.2) is 60.4 Å². The van der Waals surface area contributed by atoms with Crippen LogP contribution in [0.3, 0.4) is 0 Å². The van der Waals surface area contributed by atoms with Gasteiger partial charge in [0.15, 0.2) is 5.76 Å². The number of hydrogen-bond acceptors (Lipinski definition) is 6. The molecular formula is C30H32N2O4. The van der Waals surface area contributed by atoms with Crippen molar-refractivity contribution in [2.75, 3.05) is 31.8 Å². The molecule has 6 nitrogen and oxygen atoms in total. The zero-order valence-corrected chi connectivity index (χ0v) is 21.3. The van der Waals surface area contributed by atoms with Gasteiger partial charge in [0.1, 0.15) is 24.0 Å². The predicted octanol–water partition coefficient (Wildman–Crippen LogP) is 5.82. The molecule has 0 radical (unpaired) electrons. The third kappa shape index (κ3) is 4.44. The summed E-state index contributed by atoms with van der Waals surface area (Å²) in [4.78, 5) is 17.8. The van der Waals surface area contributed by atoms with Gasteiger partial charge >= 0.3 is 0 Å². The fraction of sp³-hybridized carbons (Fsp3) is 0.300. The van der Waals surface area contributed by atoms with E-state index in [0.29, 0.717) is 36.9 Å². The number of ketones is 1. The largest absolute Gasteiger partial charge is 0.496 e. The number of methoxy groups -OCH3 is 1. The normalized spacial score (nSPS) is 15.8. The van der Waals surface area contributed by atoms with Gasteiger partial charge in [-0.25, -0.2) is 0 Å². The average Bonchev–Trinajstić information content (AvgIpc) is 3.23. The number of benzene rings is 3. The minimum absolute atomic E-state index is 0.0834. The second-order valence-electron chi connectivity index (χ2n) is 9.15. The molecular weight excluding hydrogens is 452 g/mol. The Hall–Kier alpha value is -3.77. The summed E-state index contributed by atoms with van der Waals surface area (Å²) >= 11 is 0. The maximum atomic E-state index is 13.4. The zero-order valence-electron chi connectivity index (χ0n) is 21.3. The van der Waals surface area contributed by atoms with Crippen LogP contribution in [0.5, 0.6) is 17.2 Å². The molecule has 0 bridgehead atoms. The smallest absolute Gasteiger partial charge is 0.232 e. The van der Waals surface area contributed by atoms with Crippen LogP contribution in [0, 0.1) is 6.92 Å². The number of anilines is 1. The van der Waals surface area contributed by atoms with Crippen LogP contribution in [-0.4, -0.2) is 37.6 Å². The highest BCUT2D eigenvalue weighted by molar-refractivity contribution is 6.15. The van der Waals surface area contributed by atoms with E-state index in [-0.39, 0.29) is 5.78 Å². The monoisotopic (exact) mass is 484 g/mol. The molecule has 6 heteroatoms. The number of carbonyl (C=O) groups is 1. The van der Waals surface area contributed by atoms with Gasteiger partial charge in [0.05, 0.1) is 18.2 Å². The summed E-state index contributed by atoms with van der Waals surface area (Å²) in [5.41, 5.74) is 5.59. The molecule has 3 aromatic rings. The lowest BCUT2D eigenvalue weighted by atomic mass is 9.98. The molecule has 0 unspecified atom stereocenters. The quantitative estimate of drug-likeness (QED) is 0.394. The molecule has 0 aromatic heterocycles. The highest BCUT2D eigenvalue weighted by atomic mass is 16.5. The molecule has 36 heavy (non-hydrogen) atoms. The summed E-state index contributed by atoms with van der Waals surface area (Å²) in [6, 6.07) is 18.2. The number of fused-ring (bicyclic) bond motifs is 3. The molecule has 0 fully saturated rings. The summed E-state index contributed by atoms with van der Waals surface area (Å²) in [5, 5.41) is 0. The van der Waals surface area contributed by atoms with Crippen molar-refractivity contribution in [3.63, 3.8) is 0 Å². The molecule has 186 valence electrons. The maximum absolute atomic E-state index is 13.4. The molecule has 0 atom stereocenters. The Morgan fingerprint density at radius 3 is 2.56 bits per heavy atom. The summed E-state index contributed by atoms with van der Waals surface area (Å²) in [7, 11) is 1.68. The van der Waals surface area contributed by atoms with E-state index in [2.05, 4.69) is 41.8 Å². The Kier molecular flexibility index (Phi) is 6.70. The lowest BCUT2D eigenvalue weighted by Crippen LogP contribution is -2.32. The van der Waals surface area contributed by atoms with Crippen LogP contribution in [0.2, 0.25) is 0 Å². The first kappa shape index (κ1) is 23.9. The number of aryl methyl sites for hydroxylation is 1.